The average Bonchev–Trinajstić information content (AvgIpc) is 2.79. The minimum atomic E-state index is -1.04. The molecule has 8 heteroatoms. The van der Waals surface area contributed by atoms with E-state index in [9.17, 15) is 13.6 Å². The molecule has 0 aliphatic heterocycles. The number of nitrogens with two attached hydrogens (primary N) is 1. The van der Waals surface area contributed by atoms with Gasteiger partial charge < -0.3 is 11.1 Å². The van der Waals surface area contributed by atoms with Gasteiger partial charge in [-0.2, -0.15) is 5.10 Å². The second-order valence-corrected chi connectivity index (χ2v) is 4.57. The van der Waals surface area contributed by atoms with Crippen LogP contribution in [0.1, 0.15) is 11.6 Å². The quantitative estimate of drug-likeness (QED) is 0.910. The van der Waals surface area contributed by atoms with Crippen LogP contribution in [0.3, 0.4) is 0 Å². The average molecular weight is 301 g/mol. The number of aromatic nitrogens is 2. The maximum absolute atomic E-state index is 13.5. The molecule has 1 amide bonds. The van der Waals surface area contributed by atoms with Gasteiger partial charge in [-0.25, -0.2) is 8.78 Å². The number of halogens is 3. The van der Waals surface area contributed by atoms with Gasteiger partial charge in [0, 0.05) is 24.9 Å². The lowest BCUT2D eigenvalue weighted by molar-refractivity contribution is -0.117. The molecular weight excluding hydrogens is 290 g/mol. The number of hydrogen-bond donors (Lipinski definition) is 2. The molecule has 20 heavy (non-hydrogen) atoms. The lowest BCUT2D eigenvalue weighted by Gasteiger charge is -2.12. The largest absolute Gasteiger partial charge is 0.321 e. The van der Waals surface area contributed by atoms with E-state index in [1.165, 1.54) is 10.9 Å². The van der Waals surface area contributed by atoms with Crippen LogP contribution in [0.2, 0.25) is 5.02 Å². The molecule has 0 aliphatic rings. The van der Waals surface area contributed by atoms with Crippen molar-refractivity contribution in [1.82, 2.24) is 9.78 Å². The summed E-state index contributed by atoms with van der Waals surface area (Å²) in [5.74, 6) is -2.48. The van der Waals surface area contributed by atoms with Gasteiger partial charge in [0.1, 0.15) is 11.9 Å². The minimum absolute atomic E-state index is 0.241. The van der Waals surface area contributed by atoms with Gasteiger partial charge in [-0.1, -0.05) is 11.6 Å². The third-order valence-corrected chi connectivity index (χ3v) is 2.92. The molecule has 106 valence electrons. The Morgan fingerprint density at radius 3 is 2.75 bits per heavy atom. The fourth-order valence-corrected chi connectivity index (χ4v) is 1.86. The highest BCUT2D eigenvalue weighted by Crippen LogP contribution is 2.27. The molecule has 1 heterocycles. The zero-order chi connectivity index (χ0) is 14.9. The van der Waals surface area contributed by atoms with Crippen molar-refractivity contribution >= 4 is 23.2 Å². The van der Waals surface area contributed by atoms with Crippen molar-refractivity contribution in [2.24, 2.45) is 12.8 Å². The third kappa shape index (κ3) is 2.94. The first kappa shape index (κ1) is 14.4. The van der Waals surface area contributed by atoms with Crippen LogP contribution in [0.5, 0.6) is 0 Å². The van der Waals surface area contributed by atoms with Gasteiger partial charge in [0.25, 0.3) is 0 Å². The number of benzene rings is 1. The molecule has 0 bridgehead atoms. The van der Waals surface area contributed by atoms with Crippen molar-refractivity contribution in [2.75, 3.05) is 5.32 Å². The summed E-state index contributed by atoms with van der Waals surface area (Å²) in [6.45, 7) is 0. The van der Waals surface area contributed by atoms with E-state index in [1.54, 1.807) is 13.2 Å². The van der Waals surface area contributed by atoms with Crippen molar-refractivity contribution < 1.29 is 13.6 Å². The summed E-state index contributed by atoms with van der Waals surface area (Å²) in [4.78, 5) is 11.9. The summed E-state index contributed by atoms with van der Waals surface area (Å²) >= 11 is 5.68. The first-order chi connectivity index (χ1) is 9.38. The summed E-state index contributed by atoms with van der Waals surface area (Å²) < 4.78 is 27.9. The summed E-state index contributed by atoms with van der Waals surface area (Å²) in [7, 11) is 1.67. The molecule has 1 unspecified atom stereocenters. The Hall–Kier alpha value is -1.99. The number of nitrogens with zero attached hydrogens (tertiary/aromatic N) is 2. The number of carbonyl (C=O) groups excluding carboxylic acids is 1. The number of nitrogens with one attached hydrogen (secondary N) is 1. The van der Waals surface area contributed by atoms with E-state index in [2.05, 4.69) is 10.4 Å². The number of anilines is 1. The van der Waals surface area contributed by atoms with Crippen molar-refractivity contribution in [2.45, 2.75) is 6.04 Å². The molecule has 1 atom stereocenters. The monoisotopic (exact) mass is 300 g/mol. The number of aryl methyl sites for hydroxylation is 1. The van der Waals surface area contributed by atoms with Crippen LogP contribution in [-0.2, 0) is 11.8 Å². The van der Waals surface area contributed by atoms with Gasteiger partial charge >= 0.3 is 0 Å². The standard InChI is InChI=1S/C12H11ClF2N4O/c1-19-5-6(4-17-19)10(16)12(20)18-11-8(13)2-7(14)3-9(11)15/h2-5,10H,16H2,1H3,(H,18,20). The van der Waals surface area contributed by atoms with Gasteiger partial charge in [-0.15, -0.1) is 0 Å². The normalized spacial score (nSPS) is 12.2. The maximum Gasteiger partial charge on any atom is 0.246 e. The van der Waals surface area contributed by atoms with Gasteiger partial charge in [-0.3, -0.25) is 9.48 Å². The molecule has 0 radical (unpaired) electrons. The molecular formula is C12H11ClF2N4O. The smallest absolute Gasteiger partial charge is 0.246 e. The van der Waals surface area contributed by atoms with Gasteiger partial charge in [-0.05, 0) is 6.07 Å². The number of amides is 1. The predicted octanol–water partition coefficient (Wildman–Crippen LogP) is 1.99. The third-order valence-electron chi connectivity index (χ3n) is 2.62. The van der Waals surface area contributed by atoms with Crippen LogP contribution in [0.25, 0.3) is 0 Å². The van der Waals surface area contributed by atoms with Crippen LogP contribution in [0.4, 0.5) is 14.5 Å². The Balaban J connectivity index is 2.20. The van der Waals surface area contributed by atoms with Crippen LogP contribution in [-0.4, -0.2) is 15.7 Å². The SMILES string of the molecule is Cn1cc(C(N)C(=O)Nc2c(F)cc(F)cc2Cl)cn1. The van der Waals surface area contributed by atoms with Crippen LogP contribution in [0, 0.1) is 11.6 Å². The molecule has 0 saturated heterocycles. The Morgan fingerprint density at radius 2 is 2.20 bits per heavy atom. The van der Waals surface area contributed by atoms with Crippen molar-refractivity contribution in [3.05, 3.63) is 46.7 Å². The van der Waals surface area contributed by atoms with Crippen LogP contribution in [0.15, 0.2) is 24.5 Å². The first-order valence-corrected chi connectivity index (χ1v) is 5.96. The lowest BCUT2D eigenvalue weighted by Crippen LogP contribution is -2.28. The van der Waals surface area contributed by atoms with E-state index in [1.807, 2.05) is 0 Å². The molecule has 3 N–H and O–H groups in total. The van der Waals surface area contributed by atoms with Gasteiger partial charge in [0.15, 0.2) is 5.82 Å². The van der Waals surface area contributed by atoms with Gasteiger partial charge in [0.05, 0.1) is 16.9 Å². The zero-order valence-corrected chi connectivity index (χ0v) is 11.2. The summed E-state index contributed by atoms with van der Waals surface area (Å²) in [6, 6.07) is 0.483. The Labute approximate surface area is 118 Å². The first-order valence-electron chi connectivity index (χ1n) is 5.58. The highest BCUT2D eigenvalue weighted by atomic mass is 35.5. The number of rotatable bonds is 3. The highest BCUT2D eigenvalue weighted by Gasteiger charge is 2.20. The Bertz CT molecular complexity index is 636. The second kappa shape index (κ2) is 5.56. The van der Waals surface area contributed by atoms with E-state index in [4.69, 9.17) is 17.3 Å². The van der Waals surface area contributed by atoms with Gasteiger partial charge in [0.2, 0.25) is 5.91 Å². The van der Waals surface area contributed by atoms with E-state index in [0.717, 1.165) is 6.07 Å². The van der Waals surface area contributed by atoms with Crippen LogP contribution < -0.4 is 11.1 Å². The number of carbonyl (C=O) groups is 1. The molecule has 2 rings (SSSR count). The molecule has 0 saturated carbocycles. The predicted molar refractivity (Wildman–Crippen MR) is 70.1 cm³/mol. The van der Waals surface area contributed by atoms with E-state index >= 15 is 0 Å². The van der Waals surface area contributed by atoms with E-state index in [-0.39, 0.29) is 10.7 Å². The molecule has 2 aromatic rings. The van der Waals surface area contributed by atoms with E-state index < -0.39 is 23.6 Å². The fraction of sp³-hybridized carbons (Fsp3) is 0.167. The topological polar surface area (TPSA) is 72.9 Å². The Kier molecular flexibility index (Phi) is 4.01. The van der Waals surface area contributed by atoms with E-state index in [0.29, 0.717) is 11.6 Å². The lowest BCUT2D eigenvalue weighted by atomic mass is 10.1. The molecule has 1 aromatic heterocycles. The zero-order valence-electron chi connectivity index (χ0n) is 10.4. The molecule has 0 fully saturated rings. The summed E-state index contributed by atoms with van der Waals surface area (Å²) in [5.41, 5.74) is 5.88. The molecule has 0 spiro atoms. The van der Waals surface area contributed by atoms with Crippen LogP contribution >= 0.6 is 11.6 Å². The van der Waals surface area contributed by atoms with Crippen molar-refractivity contribution in [3.8, 4) is 0 Å². The van der Waals surface area contributed by atoms with Crippen molar-refractivity contribution in [1.29, 1.82) is 0 Å². The second-order valence-electron chi connectivity index (χ2n) is 4.16. The Morgan fingerprint density at radius 1 is 1.50 bits per heavy atom. The molecule has 5 nitrogen and oxygen atoms in total. The van der Waals surface area contributed by atoms with Crippen molar-refractivity contribution in [3.63, 3.8) is 0 Å². The fourth-order valence-electron chi connectivity index (χ4n) is 1.61. The maximum atomic E-state index is 13.5. The number of hydrogen-bond acceptors (Lipinski definition) is 3. The highest BCUT2D eigenvalue weighted by molar-refractivity contribution is 6.33. The molecule has 1 aromatic carbocycles. The summed E-state index contributed by atoms with van der Waals surface area (Å²) in [5, 5.41) is 5.88. The molecule has 0 aliphatic carbocycles. The summed E-state index contributed by atoms with van der Waals surface area (Å²) in [6.07, 6.45) is 2.99. The minimum Gasteiger partial charge on any atom is -0.321 e.